The Morgan fingerprint density at radius 1 is 1.12 bits per heavy atom. The predicted molar refractivity (Wildman–Crippen MR) is 58.8 cm³/mol. The van der Waals surface area contributed by atoms with Crippen molar-refractivity contribution in [3.63, 3.8) is 0 Å². The Bertz CT molecular complexity index is 405. The summed E-state index contributed by atoms with van der Waals surface area (Å²) in [6, 6.07) is 5.08. The van der Waals surface area contributed by atoms with E-state index in [1.165, 1.54) is 18.2 Å². The third kappa shape index (κ3) is 4.46. The Balaban J connectivity index is 2.92. The van der Waals surface area contributed by atoms with Crippen LogP contribution >= 0.6 is 0 Å². The third-order valence-corrected chi connectivity index (χ3v) is 1.72. The molecule has 0 fully saturated rings. The summed E-state index contributed by atoms with van der Waals surface area (Å²) >= 11 is 0. The van der Waals surface area contributed by atoms with Gasteiger partial charge in [0.05, 0.1) is 5.56 Å². The predicted octanol–water partition coefficient (Wildman–Crippen LogP) is 3.73. The highest BCUT2D eigenvalue weighted by Gasteiger charge is 2.32. The van der Waals surface area contributed by atoms with Crippen LogP contribution in [0.3, 0.4) is 0 Å². The number of nitrogens with zero attached hydrogens (tertiary/aromatic N) is 1. The number of halogens is 3. The SMILES string of the molecule is CC(C)(C)O/N=[C]/c1ccccc1C(F)(F)F. The molecule has 0 unspecified atom stereocenters. The van der Waals surface area contributed by atoms with Crippen molar-refractivity contribution in [2.75, 3.05) is 0 Å². The number of rotatable bonds is 2. The summed E-state index contributed by atoms with van der Waals surface area (Å²) in [4.78, 5) is 4.95. The fraction of sp³-hybridized carbons (Fsp3) is 0.417. The molecule has 1 aromatic carbocycles. The molecule has 1 rings (SSSR count). The molecule has 5 heteroatoms. The van der Waals surface area contributed by atoms with Gasteiger partial charge in [-0.1, -0.05) is 23.4 Å². The maximum absolute atomic E-state index is 12.6. The van der Waals surface area contributed by atoms with Crippen LogP contribution in [0, 0.1) is 0 Å². The van der Waals surface area contributed by atoms with Gasteiger partial charge in [0.1, 0.15) is 11.8 Å². The van der Waals surface area contributed by atoms with Crippen molar-refractivity contribution in [1.82, 2.24) is 0 Å². The standard InChI is InChI=1S/C12H13F3NO/c1-11(2,3)17-16-8-9-6-4-5-7-10(9)12(13,14)15/h4-7H,1-3H3. The highest BCUT2D eigenvalue weighted by atomic mass is 19.4. The molecule has 0 aliphatic heterocycles. The third-order valence-electron chi connectivity index (χ3n) is 1.72. The number of benzene rings is 1. The van der Waals surface area contributed by atoms with Gasteiger partial charge in [0.25, 0.3) is 0 Å². The van der Waals surface area contributed by atoms with E-state index in [4.69, 9.17) is 4.84 Å². The molecule has 0 spiro atoms. The average Bonchev–Trinajstić information content (AvgIpc) is 2.15. The van der Waals surface area contributed by atoms with Crippen molar-refractivity contribution in [2.45, 2.75) is 32.5 Å². The first-order valence-electron chi connectivity index (χ1n) is 5.00. The van der Waals surface area contributed by atoms with Gasteiger partial charge in [0.2, 0.25) is 0 Å². The quantitative estimate of drug-likeness (QED) is 0.573. The Hall–Kier alpha value is -1.52. The van der Waals surface area contributed by atoms with Crippen LogP contribution in [0.5, 0.6) is 0 Å². The minimum absolute atomic E-state index is 0.135. The molecule has 0 atom stereocenters. The lowest BCUT2D eigenvalue weighted by Gasteiger charge is -2.15. The van der Waals surface area contributed by atoms with E-state index in [1.807, 2.05) is 0 Å². The van der Waals surface area contributed by atoms with E-state index in [2.05, 4.69) is 11.4 Å². The van der Waals surface area contributed by atoms with Crippen molar-refractivity contribution in [1.29, 1.82) is 0 Å². The van der Waals surface area contributed by atoms with E-state index in [-0.39, 0.29) is 5.56 Å². The fourth-order valence-electron chi connectivity index (χ4n) is 1.04. The minimum atomic E-state index is -4.42. The van der Waals surface area contributed by atoms with E-state index < -0.39 is 17.3 Å². The fourth-order valence-corrected chi connectivity index (χ4v) is 1.04. The first-order valence-corrected chi connectivity index (χ1v) is 5.00. The molecule has 0 aliphatic rings. The van der Waals surface area contributed by atoms with Gasteiger partial charge in [-0.3, -0.25) is 0 Å². The second-order valence-electron chi connectivity index (χ2n) is 4.45. The van der Waals surface area contributed by atoms with E-state index >= 15 is 0 Å². The van der Waals surface area contributed by atoms with Crippen molar-refractivity contribution in [2.24, 2.45) is 5.16 Å². The first kappa shape index (κ1) is 13.5. The molecule has 0 aromatic heterocycles. The zero-order chi connectivity index (χ0) is 13.1. The van der Waals surface area contributed by atoms with Gasteiger partial charge in [-0.15, -0.1) is 0 Å². The highest BCUT2D eigenvalue weighted by molar-refractivity contribution is 5.81. The molecule has 0 heterocycles. The van der Waals surface area contributed by atoms with Crippen LogP contribution in [0.15, 0.2) is 29.4 Å². The molecule has 0 N–H and O–H groups in total. The smallest absolute Gasteiger partial charge is 0.390 e. The van der Waals surface area contributed by atoms with Crippen LogP contribution in [0.4, 0.5) is 13.2 Å². The summed E-state index contributed by atoms with van der Waals surface area (Å²) in [6.07, 6.45) is -2.16. The summed E-state index contributed by atoms with van der Waals surface area (Å²) < 4.78 is 37.8. The van der Waals surface area contributed by atoms with Crippen LogP contribution < -0.4 is 0 Å². The van der Waals surface area contributed by atoms with Crippen LogP contribution in [0.1, 0.15) is 31.9 Å². The van der Waals surface area contributed by atoms with E-state index in [0.717, 1.165) is 6.07 Å². The maximum Gasteiger partial charge on any atom is 0.417 e. The van der Waals surface area contributed by atoms with Gasteiger partial charge < -0.3 is 4.84 Å². The van der Waals surface area contributed by atoms with E-state index in [0.29, 0.717) is 0 Å². The Morgan fingerprint density at radius 3 is 2.24 bits per heavy atom. The van der Waals surface area contributed by atoms with Crippen LogP contribution in [0.25, 0.3) is 0 Å². The summed E-state index contributed by atoms with van der Waals surface area (Å²) in [5.41, 5.74) is -1.47. The second-order valence-corrected chi connectivity index (χ2v) is 4.45. The van der Waals surface area contributed by atoms with Crippen LogP contribution in [-0.2, 0) is 11.0 Å². The second kappa shape index (κ2) is 4.77. The first-order chi connectivity index (χ1) is 7.70. The molecule has 0 saturated carbocycles. The molecule has 0 aliphatic carbocycles. The Morgan fingerprint density at radius 2 is 1.71 bits per heavy atom. The molecule has 2 nitrogen and oxygen atoms in total. The van der Waals surface area contributed by atoms with Gasteiger partial charge in [-0.25, -0.2) is 0 Å². The van der Waals surface area contributed by atoms with Gasteiger partial charge in [0, 0.05) is 5.56 Å². The number of alkyl halides is 3. The Kier molecular flexibility index (Phi) is 3.80. The van der Waals surface area contributed by atoms with Gasteiger partial charge in [0.15, 0.2) is 0 Å². The summed E-state index contributed by atoms with van der Waals surface area (Å²) in [5, 5.41) is 3.44. The summed E-state index contributed by atoms with van der Waals surface area (Å²) in [5.74, 6) is 0. The van der Waals surface area contributed by atoms with Crippen molar-refractivity contribution in [3.8, 4) is 0 Å². The molecule has 17 heavy (non-hydrogen) atoms. The Labute approximate surface area is 98.1 Å². The van der Waals surface area contributed by atoms with Gasteiger partial charge in [-0.05, 0) is 26.8 Å². The molecule has 1 radical (unpaired) electrons. The molecular formula is C12H13F3NO. The largest absolute Gasteiger partial charge is 0.417 e. The molecule has 93 valence electrons. The molecule has 1 aromatic rings. The molecule has 0 amide bonds. The maximum atomic E-state index is 12.6. The lowest BCUT2D eigenvalue weighted by Crippen LogP contribution is -2.16. The summed E-state index contributed by atoms with van der Waals surface area (Å²) in [6.45, 7) is 5.23. The number of hydrogen-bond acceptors (Lipinski definition) is 2. The highest BCUT2D eigenvalue weighted by Crippen LogP contribution is 2.31. The number of hydrogen-bond donors (Lipinski definition) is 0. The van der Waals surface area contributed by atoms with Gasteiger partial charge >= 0.3 is 6.18 Å². The van der Waals surface area contributed by atoms with Crippen molar-refractivity contribution in [3.05, 3.63) is 35.4 Å². The molecular weight excluding hydrogens is 231 g/mol. The topological polar surface area (TPSA) is 21.6 Å². The lowest BCUT2D eigenvalue weighted by atomic mass is 10.1. The van der Waals surface area contributed by atoms with E-state index in [9.17, 15) is 13.2 Å². The van der Waals surface area contributed by atoms with Crippen LogP contribution in [-0.4, -0.2) is 11.8 Å². The van der Waals surface area contributed by atoms with E-state index in [1.54, 1.807) is 20.8 Å². The molecule has 0 saturated heterocycles. The lowest BCUT2D eigenvalue weighted by molar-refractivity contribution is -0.137. The monoisotopic (exact) mass is 244 g/mol. The van der Waals surface area contributed by atoms with Crippen LogP contribution in [0.2, 0.25) is 0 Å². The minimum Gasteiger partial charge on any atom is -0.390 e. The summed E-state index contributed by atoms with van der Waals surface area (Å²) in [7, 11) is 0. The van der Waals surface area contributed by atoms with Crippen molar-refractivity contribution < 1.29 is 18.0 Å². The van der Waals surface area contributed by atoms with Gasteiger partial charge in [-0.2, -0.15) is 13.2 Å². The molecule has 0 bridgehead atoms. The zero-order valence-corrected chi connectivity index (χ0v) is 9.80. The average molecular weight is 244 g/mol. The normalized spacial score (nSPS) is 13.1. The zero-order valence-electron chi connectivity index (χ0n) is 9.80. The van der Waals surface area contributed by atoms with Crippen molar-refractivity contribution >= 4 is 6.21 Å².